The Balaban J connectivity index is 2.36. The Morgan fingerprint density at radius 3 is 2.57 bits per heavy atom. The van der Waals surface area contributed by atoms with Crippen molar-refractivity contribution in [2.45, 2.75) is 12.6 Å². The van der Waals surface area contributed by atoms with Crippen LogP contribution in [0.25, 0.3) is 0 Å². The molecule has 0 spiro atoms. The molecule has 0 amide bonds. The summed E-state index contributed by atoms with van der Waals surface area (Å²) in [6, 6.07) is 3.94. The molecule has 0 fully saturated rings. The summed E-state index contributed by atoms with van der Waals surface area (Å²) in [6.07, 6.45) is -4.07. The average Bonchev–Trinajstić information content (AvgIpc) is 2.38. The minimum absolute atomic E-state index is 0.0886. The molecule has 7 heteroatoms. The summed E-state index contributed by atoms with van der Waals surface area (Å²) in [4.78, 5) is 0. The third-order valence-electron chi connectivity index (χ3n) is 2.17. The van der Waals surface area contributed by atoms with Gasteiger partial charge in [0.05, 0.1) is 19.8 Å². The minimum atomic E-state index is -4.33. The summed E-state index contributed by atoms with van der Waals surface area (Å²) in [7, 11) is 0. The van der Waals surface area contributed by atoms with E-state index in [-0.39, 0.29) is 31.9 Å². The number of ether oxygens (including phenoxy) is 2. The van der Waals surface area contributed by atoms with Gasteiger partial charge in [0, 0.05) is 18.1 Å². The number of hydrogen-bond donors (Lipinski definition) is 1. The molecule has 1 aromatic carbocycles. The highest BCUT2D eigenvalue weighted by Crippen LogP contribution is 2.17. The van der Waals surface area contributed by atoms with E-state index in [9.17, 15) is 17.6 Å². The van der Waals surface area contributed by atoms with Crippen LogP contribution in [0, 0.1) is 17.7 Å². The highest BCUT2D eigenvalue weighted by Gasteiger charge is 2.27. The van der Waals surface area contributed by atoms with Crippen molar-refractivity contribution < 1.29 is 27.0 Å². The third kappa shape index (κ3) is 8.17. The van der Waals surface area contributed by atoms with Gasteiger partial charge in [-0.2, -0.15) is 13.2 Å². The van der Waals surface area contributed by atoms with E-state index >= 15 is 0 Å². The lowest BCUT2D eigenvalue weighted by Gasteiger charge is -2.09. The van der Waals surface area contributed by atoms with Crippen molar-refractivity contribution in [3.05, 3.63) is 29.6 Å². The van der Waals surface area contributed by atoms with Crippen LogP contribution in [0.15, 0.2) is 18.2 Å². The van der Waals surface area contributed by atoms with Gasteiger partial charge in [0.2, 0.25) is 0 Å². The quantitative estimate of drug-likeness (QED) is 0.499. The fourth-order valence-corrected chi connectivity index (χ4v) is 1.41. The van der Waals surface area contributed by atoms with Crippen LogP contribution in [0.5, 0.6) is 5.75 Å². The predicted octanol–water partition coefficient (Wildman–Crippen LogP) is 2.48. The van der Waals surface area contributed by atoms with Crippen LogP contribution in [0.3, 0.4) is 0 Å². The van der Waals surface area contributed by atoms with E-state index in [1.54, 1.807) is 0 Å². The molecular weight excluding hydrogens is 290 g/mol. The second kappa shape index (κ2) is 8.49. The Bertz CT molecular complexity index is 506. The molecule has 0 radical (unpaired) electrons. The Hall–Kier alpha value is -1.78. The number of benzene rings is 1. The zero-order chi connectivity index (χ0) is 15.7. The molecule has 1 rings (SSSR count). The molecule has 1 aromatic rings. The first-order valence-electron chi connectivity index (χ1n) is 6.17. The number of alkyl halides is 3. The summed E-state index contributed by atoms with van der Waals surface area (Å²) >= 11 is 0. The van der Waals surface area contributed by atoms with Gasteiger partial charge in [0.15, 0.2) is 0 Å². The van der Waals surface area contributed by atoms with Crippen LogP contribution in [-0.2, 0) is 4.74 Å². The molecule has 0 bridgehead atoms. The van der Waals surface area contributed by atoms with Crippen LogP contribution >= 0.6 is 0 Å². The maximum Gasteiger partial charge on any atom is 0.411 e. The molecule has 3 nitrogen and oxygen atoms in total. The number of nitrogens with two attached hydrogens (primary N) is 1. The fraction of sp³-hybridized carbons (Fsp3) is 0.429. The Morgan fingerprint density at radius 1 is 1.14 bits per heavy atom. The summed E-state index contributed by atoms with van der Waals surface area (Å²) in [5.41, 5.74) is 5.64. The van der Waals surface area contributed by atoms with E-state index in [4.69, 9.17) is 10.5 Å². The first-order valence-corrected chi connectivity index (χ1v) is 6.17. The lowest BCUT2D eigenvalue weighted by Crippen LogP contribution is -2.18. The van der Waals surface area contributed by atoms with Crippen molar-refractivity contribution in [3.63, 3.8) is 0 Å². The zero-order valence-corrected chi connectivity index (χ0v) is 11.2. The lowest BCUT2D eigenvalue weighted by atomic mass is 10.2. The normalized spacial score (nSPS) is 10.9. The van der Waals surface area contributed by atoms with Gasteiger partial charge in [-0.15, -0.1) is 0 Å². The standard InChI is InChI=1S/C14H15F4NO2/c15-12-7-11(3-1-4-19)8-13(9-12)21-6-2-5-20-10-14(16,17)18/h7-9H,2,4-6,10,19H2. The van der Waals surface area contributed by atoms with Crippen LogP contribution in [0.2, 0.25) is 0 Å². The number of halogens is 4. The van der Waals surface area contributed by atoms with Gasteiger partial charge in [-0.3, -0.25) is 0 Å². The largest absolute Gasteiger partial charge is 0.493 e. The second-order valence-electron chi connectivity index (χ2n) is 4.05. The molecule has 0 aliphatic heterocycles. The molecule has 21 heavy (non-hydrogen) atoms. The van der Waals surface area contributed by atoms with Gasteiger partial charge < -0.3 is 15.2 Å². The molecule has 0 aliphatic carbocycles. The molecule has 0 heterocycles. The highest BCUT2D eigenvalue weighted by molar-refractivity contribution is 5.40. The molecule has 0 saturated heterocycles. The van der Waals surface area contributed by atoms with Gasteiger partial charge in [0.1, 0.15) is 18.2 Å². The van der Waals surface area contributed by atoms with Crippen molar-refractivity contribution in [3.8, 4) is 17.6 Å². The van der Waals surface area contributed by atoms with Crippen molar-refractivity contribution in [2.24, 2.45) is 5.73 Å². The Labute approximate surface area is 120 Å². The molecule has 0 aromatic heterocycles. The topological polar surface area (TPSA) is 44.5 Å². The van der Waals surface area contributed by atoms with Gasteiger partial charge in [-0.1, -0.05) is 11.8 Å². The van der Waals surface area contributed by atoms with Gasteiger partial charge in [0.25, 0.3) is 0 Å². The van der Waals surface area contributed by atoms with Crippen LogP contribution in [0.1, 0.15) is 12.0 Å². The molecule has 2 N–H and O–H groups in total. The summed E-state index contributed by atoms with van der Waals surface area (Å²) in [5.74, 6) is 5.00. The molecular formula is C14H15F4NO2. The number of rotatable bonds is 6. The minimum Gasteiger partial charge on any atom is -0.493 e. The molecule has 0 atom stereocenters. The van der Waals surface area contributed by atoms with Crippen molar-refractivity contribution in [1.82, 2.24) is 0 Å². The van der Waals surface area contributed by atoms with E-state index in [0.717, 1.165) is 0 Å². The predicted molar refractivity (Wildman–Crippen MR) is 69.3 cm³/mol. The van der Waals surface area contributed by atoms with E-state index in [1.165, 1.54) is 18.2 Å². The molecule has 116 valence electrons. The smallest absolute Gasteiger partial charge is 0.411 e. The second-order valence-corrected chi connectivity index (χ2v) is 4.05. The first kappa shape index (κ1) is 17.3. The first-order chi connectivity index (χ1) is 9.90. The number of hydrogen-bond acceptors (Lipinski definition) is 3. The van der Waals surface area contributed by atoms with Gasteiger partial charge >= 0.3 is 6.18 Å². The van der Waals surface area contributed by atoms with Crippen LogP contribution in [-0.4, -0.2) is 32.5 Å². The van der Waals surface area contributed by atoms with Gasteiger partial charge in [-0.05, 0) is 12.1 Å². The highest BCUT2D eigenvalue weighted by atomic mass is 19.4. The average molecular weight is 305 g/mol. The van der Waals surface area contributed by atoms with Crippen molar-refractivity contribution in [2.75, 3.05) is 26.4 Å². The van der Waals surface area contributed by atoms with Crippen LogP contribution in [0.4, 0.5) is 17.6 Å². The summed E-state index contributed by atoms with van der Waals surface area (Å²) in [6.45, 7) is -1.10. The van der Waals surface area contributed by atoms with E-state index in [2.05, 4.69) is 16.6 Å². The maximum atomic E-state index is 13.3. The van der Waals surface area contributed by atoms with Crippen LogP contribution < -0.4 is 10.5 Å². The molecule has 0 unspecified atom stereocenters. The summed E-state index contributed by atoms with van der Waals surface area (Å²) in [5, 5.41) is 0. The maximum absolute atomic E-state index is 13.3. The Kier molecular flexibility index (Phi) is 6.99. The molecule has 0 saturated carbocycles. The third-order valence-corrected chi connectivity index (χ3v) is 2.17. The SMILES string of the molecule is NCC#Cc1cc(F)cc(OCCCOCC(F)(F)F)c1. The van der Waals surface area contributed by atoms with E-state index in [1.807, 2.05) is 0 Å². The monoisotopic (exact) mass is 305 g/mol. The fourth-order valence-electron chi connectivity index (χ4n) is 1.41. The van der Waals surface area contributed by atoms with E-state index < -0.39 is 18.6 Å². The van der Waals surface area contributed by atoms with E-state index in [0.29, 0.717) is 5.56 Å². The Morgan fingerprint density at radius 2 is 1.90 bits per heavy atom. The van der Waals surface area contributed by atoms with Crippen molar-refractivity contribution >= 4 is 0 Å². The van der Waals surface area contributed by atoms with Gasteiger partial charge in [-0.25, -0.2) is 4.39 Å². The lowest BCUT2D eigenvalue weighted by molar-refractivity contribution is -0.174. The summed E-state index contributed by atoms with van der Waals surface area (Å²) < 4.78 is 58.4. The zero-order valence-electron chi connectivity index (χ0n) is 11.2. The molecule has 0 aliphatic rings. The van der Waals surface area contributed by atoms with Crippen molar-refractivity contribution in [1.29, 1.82) is 0 Å².